The van der Waals surface area contributed by atoms with Gasteiger partial charge in [0.05, 0.1) is 11.0 Å². The van der Waals surface area contributed by atoms with Crippen LogP contribution in [0.1, 0.15) is 13.8 Å². The number of fused-ring (bicyclic) bond motifs is 1. The van der Waals surface area contributed by atoms with Crippen LogP contribution < -0.4 is 5.69 Å². The van der Waals surface area contributed by atoms with Gasteiger partial charge in [0, 0.05) is 39.6 Å². The Kier molecular flexibility index (Phi) is 4.42. The van der Waals surface area contributed by atoms with Crippen LogP contribution >= 0.6 is 0 Å². The molecule has 2 aromatic rings. The number of nitrogens with zero attached hydrogens (tertiary/aromatic N) is 4. The Morgan fingerprint density at radius 2 is 1.50 bits per heavy atom. The summed E-state index contributed by atoms with van der Waals surface area (Å²) in [4.78, 5) is 40.0. The second-order valence-electron chi connectivity index (χ2n) is 5.99. The topological polar surface area (TPSA) is 67.6 Å². The molecule has 24 heavy (non-hydrogen) atoms. The number of amides is 2. The van der Waals surface area contributed by atoms with Crippen LogP contribution in [0.25, 0.3) is 11.0 Å². The number of hydrogen-bond acceptors (Lipinski definition) is 3. The Hall–Kier alpha value is -2.57. The highest BCUT2D eigenvalue weighted by Gasteiger charge is 2.23. The second kappa shape index (κ2) is 6.51. The van der Waals surface area contributed by atoms with Gasteiger partial charge >= 0.3 is 5.69 Å². The van der Waals surface area contributed by atoms with E-state index in [1.54, 1.807) is 18.9 Å². The van der Waals surface area contributed by atoms with Crippen LogP contribution in [-0.2, 0) is 22.7 Å². The van der Waals surface area contributed by atoms with Crippen molar-refractivity contribution in [3.63, 3.8) is 0 Å². The van der Waals surface area contributed by atoms with Crippen LogP contribution in [0.15, 0.2) is 29.1 Å². The number of para-hydroxylation sites is 2. The molecule has 7 heteroatoms. The van der Waals surface area contributed by atoms with Crippen LogP contribution in [0.5, 0.6) is 0 Å². The fourth-order valence-electron chi connectivity index (χ4n) is 3.24. The van der Waals surface area contributed by atoms with Crippen molar-refractivity contribution < 1.29 is 9.59 Å². The first kappa shape index (κ1) is 16.3. The van der Waals surface area contributed by atoms with Gasteiger partial charge in [-0.1, -0.05) is 12.1 Å². The minimum Gasteiger partial charge on any atom is -0.339 e. The molecular formula is C17H22N4O3. The maximum Gasteiger partial charge on any atom is 0.329 e. The van der Waals surface area contributed by atoms with Crippen LogP contribution in [0.2, 0.25) is 0 Å². The summed E-state index contributed by atoms with van der Waals surface area (Å²) in [6.07, 6.45) is 0. The van der Waals surface area contributed by atoms with E-state index in [2.05, 4.69) is 0 Å². The Labute approximate surface area is 140 Å². The van der Waals surface area contributed by atoms with Gasteiger partial charge < -0.3 is 9.80 Å². The maximum atomic E-state index is 12.6. The van der Waals surface area contributed by atoms with Gasteiger partial charge in [-0.05, 0) is 19.1 Å². The molecule has 0 N–H and O–H groups in total. The average Bonchev–Trinajstić information content (AvgIpc) is 2.86. The number of aryl methyl sites for hydroxylation is 1. The molecule has 0 radical (unpaired) electrons. The zero-order valence-corrected chi connectivity index (χ0v) is 14.1. The van der Waals surface area contributed by atoms with E-state index in [9.17, 15) is 14.4 Å². The molecule has 0 unspecified atom stereocenters. The summed E-state index contributed by atoms with van der Waals surface area (Å²) in [6, 6.07) is 7.52. The molecule has 0 bridgehead atoms. The highest BCUT2D eigenvalue weighted by atomic mass is 16.2. The van der Waals surface area contributed by atoms with Gasteiger partial charge in [-0.2, -0.15) is 0 Å². The standard InChI is InChI=1S/C17H22N4O3/c1-3-20-14-6-4-5-7-15(14)21(17(20)24)12-16(23)19-10-8-18(9-11-19)13(2)22/h4-7H,3,8-12H2,1-2H3. The Morgan fingerprint density at radius 1 is 0.958 bits per heavy atom. The third-order valence-electron chi connectivity index (χ3n) is 4.61. The Bertz CT molecular complexity index is 828. The van der Waals surface area contributed by atoms with Gasteiger partial charge in [-0.3, -0.25) is 18.7 Å². The molecule has 1 aliphatic heterocycles. The van der Waals surface area contributed by atoms with Gasteiger partial charge in [0.15, 0.2) is 0 Å². The number of hydrogen-bond donors (Lipinski definition) is 0. The lowest BCUT2D eigenvalue weighted by molar-refractivity contribution is -0.138. The molecule has 1 aromatic heterocycles. The number of carbonyl (C=O) groups is 2. The monoisotopic (exact) mass is 330 g/mol. The van der Waals surface area contributed by atoms with E-state index in [4.69, 9.17) is 0 Å². The van der Waals surface area contributed by atoms with Crippen molar-refractivity contribution in [3.05, 3.63) is 34.7 Å². The summed E-state index contributed by atoms with van der Waals surface area (Å²) in [5.41, 5.74) is 1.47. The summed E-state index contributed by atoms with van der Waals surface area (Å²) in [5, 5.41) is 0. The van der Waals surface area contributed by atoms with Crippen molar-refractivity contribution in [2.24, 2.45) is 0 Å². The first-order valence-corrected chi connectivity index (χ1v) is 8.24. The predicted octanol–water partition coefficient (Wildman–Crippen LogP) is 0.514. The highest BCUT2D eigenvalue weighted by molar-refractivity contribution is 5.81. The first-order chi connectivity index (χ1) is 11.5. The van der Waals surface area contributed by atoms with E-state index in [0.29, 0.717) is 32.7 Å². The molecule has 2 amide bonds. The van der Waals surface area contributed by atoms with E-state index in [0.717, 1.165) is 11.0 Å². The molecule has 0 atom stereocenters. The van der Waals surface area contributed by atoms with Gasteiger partial charge in [-0.25, -0.2) is 4.79 Å². The maximum absolute atomic E-state index is 12.6. The fraction of sp³-hybridized carbons (Fsp3) is 0.471. The normalized spacial score (nSPS) is 15.1. The second-order valence-corrected chi connectivity index (χ2v) is 5.99. The van der Waals surface area contributed by atoms with Crippen LogP contribution in [0.3, 0.4) is 0 Å². The lowest BCUT2D eigenvalue weighted by atomic mass is 10.3. The lowest BCUT2D eigenvalue weighted by Gasteiger charge is -2.34. The molecular weight excluding hydrogens is 308 g/mol. The van der Waals surface area contributed by atoms with Gasteiger partial charge in [0.2, 0.25) is 11.8 Å². The number of imidazole rings is 1. The van der Waals surface area contributed by atoms with E-state index < -0.39 is 0 Å². The van der Waals surface area contributed by atoms with Gasteiger partial charge in [0.1, 0.15) is 6.54 Å². The molecule has 7 nitrogen and oxygen atoms in total. The van der Waals surface area contributed by atoms with Crippen molar-refractivity contribution in [3.8, 4) is 0 Å². The highest BCUT2D eigenvalue weighted by Crippen LogP contribution is 2.13. The lowest BCUT2D eigenvalue weighted by Crippen LogP contribution is -2.51. The third-order valence-corrected chi connectivity index (χ3v) is 4.61. The number of aromatic nitrogens is 2. The zero-order chi connectivity index (χ0) is 17.3. The molecule has 128 valence electrons. The molecule has 1 saturated heterocycles. The molecule has 1 aliphatic rings. The summed E-state index contributed by atoms with van der Waals surface area (Å²) in [5.74, 6) is -0.0522. The molecule has 1 fully saturated rings. The van der Waals surface area contributed by atoms with E-state index in [-0.39, 0.29) is 24.0 Å². The Balaban J connectivity index is 1.81. The van der Waals surface area contributed by atoms with E-state index >= 15 is 0 Å². The largest absolute Gasteiger partial charge is 0.339 e. The minimum atomic E-state index is -0.158. The number of piperazine rings is 1. The molecule has 2 heterocycles. The number of rotatable bonds is 3. The molecule has 0 saturated carbocycles. The van der Waals surface area contributed by atoms with E-state index in [1.807, 2.05) is 31.2 Å². The van der Waals surface area contributed by atoms with Gasteiger partial charge in [-0.15, -0.1) is 0 Å². The predicted molar refractivity (Wildman–Crippen MR) is 90.7 cm³/mol. The van der Waals surface area contributed by atoms with Crippen LogP contribution in [-0.4, -0.2) is 56.9 Å². The van der Waals surface area contributed by atoms with Crippen molar-refractivity contribution in [1.29, 1.82) is 0 Å². The first-order valence-electron chi connectivity index (χ1n) is 8.24. The van der Waals surface area contributed by atoms with Crippen molar-refractivity contribution in [2.75, 3.05) is 26.2 Å². The van der Waals surface area contributed by atoms with Crippen LogP contribution in [0, 0.1) is 0 Å². The summed E-state index contributed by atoms with van der Waals surface area (Å²) in [6.45, 7) is 6.18. The van der Waals surface area contributed by atoms with Crippen LogP contribution in [0.4, 0.5) is 0 Å². The van der Waals surface area contributed by atoms with Crippen molar-refractivity contribution in [2.45, 2.75) is 26.9 Å². The Morgan fingerprint density at radius 3 is 2.04 bits per heavy atom. The molecule has 3 rings (SSSR count). The zero-order valence-electron chi connectivity index (χ0n) is 14.1. The van der Waals surface area contributed by atoms with Crippen molar-refractivity contribution in [1.82, 2.24) is 18.9 Å². The summed E-state index contributed by atoms with van der Waals surface area (Å²) < 4.78 is 3.22. The smallest absolute Gasteiger partial charge is 0.329 e. The average molecular weight is 330 g/mol. The molecule has 1 aromatic carbocycles. The molecule has 0 spiro atoms. The summed E-state index contributed by atoms with van der Waals surface area (Å²) >= 11 is 0. The van der Waals surface area contributed by atoms with E-state index in [1.165, 1.54) is 6.92 Å². The third kappa shape index (κ3) is 2.81. The molecule has 0 aliphatic carbocycles. The van der Waals surface area contributed by atoms with Crippen molar-refractivity contribution >= 4 is 22.8 Å². The quantitative estimate of drug-likeness (QED) is 0.824. The fourth-order valence-corrected chi connectivity index (χ4v) is 3.24. The number of carbonyl (C=O) groups excluding carboxylic acids is 2. The summed E-state index contributed by atoms with van der Waals surface area (Å²) in [7, 11) is 0. The van der Waals surface area contributed by atoms with Gasteiger partial charge in [0.25, 0.3) is 0 Å². The number of benzene rings is 1. The minimum absolute atomic E-state index is 0.0318. The SMILES string of the molecule is CCn1c(=O)n(CC(=O)N2CCN(C(C)=O)CC2)c2ccccc21.